The lowest BCUT2D eigenvalue weighted by molar-refractivity contribution is 0.107. The molecule has 4 atom stereocenters. The second kappa shape index (κ2) is 11.6. The van der Waals surface area contributed by atoms with Crippen LogP contribution in [0.4, 0.5) is 24.8 Å². The van der Waals surface area contributed by atoms with Gasteiger partial charge in [-0.25, -0.2) is 23.1 Å². The van der Waals surface area contributed by atoms with E-state index >= 15 is 4.39 Å². The number of aromatic amines is 1. The zero-order valence-corrected chi connectivity index (χ0v) is 28.3. The number of hydrogen-bond acceptors (Lipinski definition) is 10. The van der Waals surface area contributed by atoms with Gasteiger partial charge in [0.1, 0.15) is 53.4 Å². The summed E-state index contributed by atoms with van der Waals surface area (Å²) in [4.78, 5) is 22.4. The van der Waals surface area contributed by atoms with Crippen LogP contribution in [0, 0.1) is 11.6 Å². The van der Waals surface area contributed by atoms with Crippen LogP contribution in [-0.4, -0.2) is 79.1 Å². The van der Waals surface area contributed by atoms with E-state index in [1.807, 2.05) is 24.8 Å². The highest BCUT2D eigenvalue weighted by atomic mass is 35.5. The highest BCUT2D eigenvalue weighted by Gasteiger charge is 2.49. The lowest BCUT2D eigenvalue weighted by Gasteiger charge is -2.35. The summed E-state index contributed by atoms with van der Waals surface area (Å²) >= 11 is 6.84. The van der Waals surface area contributed by atoms with E-state index in [1.54, 1.807) is 6.20 Å². The Balaban J connectivity index is 1.26. The summed E-state index contributed by atoms with van der Waals surface area (Å²) in [5.74, 6) is -0.521. The van der Waals surface area contributed by atoms with Gasteiger partial charge in [-0.3, -0.25) is 10.00 Å². The van der Waals surface area contributed by atoms with Crippen molar-refractivity contribution < 1.29 is 22.6 Å². The zero-order chi connectivity index (χ0) is 34.5. The number of hydrogen-bond donors (Lipinski definition) is 2. The minimum absolute atomic E-state index is 0.0308. The van der Waals surface area contributed by atoms with Crippen molar-refractivity contribution in [3.05, 3.63) is 52.3 Å². The maximum Gasteiger partial charge on any atom is 0.319 e. The van der Waals surface area contributed by atoms with Crippen molar-refractivity contribution in [2.24, 2.45) is 0 Å². The summed E-state index contributed by atoms with van der Waals surface area (Å²) in [7, 11) is 0. The molecule has 1 aliphatic carbocycles. The fourth-order valence-electron chi connectivity index (χ4n) is 8.38. The number of aromatic nitrogens is 6. The van der Waals surface area contributed by atoms with Crippen LogP contribution in [0.25, 0.3) is 33.1 Å². The lowest BCUT2D eigenvalue weighted by atomic mass is 9.95. The molecule has 7 heterocycles. The van der Waals surface area contributed by atoms with E-state index in [-0.39, 0.29) is 65.3 Å². The predicted molar refractivity (Wildman–Crippen MR) is 182 cm³/mol. The first kappa shape index (κ1) is 31.5. The smallest absolute Gasteiger partial charge is 0.319 e. The molecule has 4 aliphatic rings. The number of rotatable bonds is 7. The normalized spacial score (nSPS) is 24.1. The summed E-state index contributed by atoms with van der Waals surface area (Å²) < 4.78 is 59.3. The lowest BCUT2D eigenvalue weighted by Crippen LogP contribution is -2.43. The minimum atomic E-state index is -0.951. The molecule has 2 saturated heterocycles. The molecule has 9 rings (SSSR count). The molecule has 0 amide bonds. The molecule has 0 spiro atoms. The van der Waals surface area contributed by atoms with Crippen molar-refractivity contribution >= 4 is 45.0 Å². The van der Waals surface area contributed by atoms with E-state index in [4.69, 9.17) is 36.8 Å². The van der Waals surface area contributed by atoms with Crippen molar-refractivity contribution in [1.82, 2.24) is 35.0 Å². The molecule has 4 aromatic heterocycles. The molecular formula is C35H35ClF3N9O2. The van der Waals surface area contributed by atoms with E-state index in [2.05, 4.69) is 25.1 Å². The Morgan fingerprint density at radius 2 is 2.04 bits per heavy atom. The Morgan fingerprint density at radius 3 is 2.86 bits per heavy atom. The largest absolute Gasteiger partial charge is 0.475 e. The standard InChI is InChI=1S/C35H35ClF3N9O2/c1-16-14-49-33-27-30(28(39)29(43-33)26-22-12-42-46-24(22)9-23(36)25(26)18-4-5-18)44-34(50-15-35-6-3-7-47(35)13-20(38)10-35)45-32(27)48(16)17(2)21-8-19(37)11-41-31(21)40/h8-9,11-12,16-18,20H,3-7,10,13-15H2,1-2H3,(H2,40,41)(H,42,46)/t16-,17+,20+,35-/m0/s1. The quantitative estimate of drug-likeness (QED) is 0.190. The maximum absolute atomic E-state index is 17.4. The number of nitrogens with one attached hydrogen (secondary N) is 1. The first-order chi connectivity index (χ1) is 24.1. The Morgan fingerprint density at radius 1 is 1.20 bits per heavy atom. The van der Waals surface area contributed by atoms with Gasteiger partial charge in [0.2, 0.25) is 5.88 Å². The van der Waals surface area contributed by atoms with Crippen LogP contribution in [-0.2, 0) is 0 Å². The summed E-state index contributed by atoms with van der Waals surface area (Å²) in [6, 6.07) is 2.11. The van der Waals surface area contributed by atoms with Crippen LogP contribution in [0.1, 0.15) is 69.0 Å². The number of fused-ring (bicyclic) bond motifs is 2. The van der Waals surface area contributed by atoms with Gasteiger partial charge in [-0.1, -0.05) is 11.6 Å². The van der Waals surface area contributed by atoms with Gasteiger partial charge in [0.05, 0.1) is 35.5 Å². The SMILES string of the molecule is C[C@H](c1cc(F)cnc1N)N1c2nc(OC[C@@]34CCCN3C[C@H](F)C4)nc3c(F)c(-c4c(C5CC5)c(Cl)cc5[nH]ncc45)nc(c23)OC[C@@H]1C. The fraction of sp³-hybridized carbons (Fsp3) is 0.457. The highest BCUT2D eigenvalue weighted by molar-refractivity contribution is 6.33. The molecule has 0 bridgehead atoms. The molecular weight excluding hydrogens is 671 g/mol. The summed E-state index contributed by atoms with van der Waals surface area (Å²) in [5.41, 5.74) is 8.15. The summed E-state index contributed by atoms with van der Waals surface area (Å²) in [6.45, 7) is 5.19. The van der Waals surface area contributed by atoms with Gasteiger partial charge in [0.25, 0.3) is 0 Å². The number of benzene rings is 1. The average Bonchev–Trinajstić information content (AvgIpc) is 3.60. The van der Waals surface area contributed by atoms with Gasteiger partial charge in [0.15, 0.2) is 5.82 Å². The number of anilines is 2. The van der Waals surface area contributed by atoms with Crippen LogP contribution in [0.5, 0.6) is 11.9 Å². The van der Waals surface area contributed by atoms with E-state index in [0.717, 1.165) is 44.0 Å². The van der Waals surface area contributed by atoms with Crippen molar-refractivity contribution in [2.75, 3.05) is 36.9 Å². The van der Waals surface area contributed by atoms with Crippen LogP contribution < -0.4 is 20.1 Å². The molecule has 0 unspecified atom stereocenters. The second-order valence-electron chi connectivity index (χ2n) is 14.1. The molecule has 3 N–H and O–H groups in total. The predicted octanol–water partition coefficient (Wildman–Crippen LogP) is 6.66. The fourth-order valence-corrected chi connectivity index (χ4v) is 8.73. The first-order valence-corrected chi connectivity index (χ1v) is 17.4. The molecule has 15 heteroatoms. The maximum atomic E-state index is 17.4. The van der Waals surface area contributed by atoms with Crippen molar-refractivity contribution in [3.8, 4) is 23.1 Å². The van der Waals surface area contributed by atoms with E-state index in [1.165, 1.54) is 6.07 Å². The van der Waals surface area contributed by atoms with Gasteiger partial charge < -0.3 is 20.1 Å². The molecule has 0 radical (unpaired) electrons. The van der Waals surface area contributed by atoms with E-state index < -0.39 is 29.4 Å². The van der Waals surface area contributed by atoms with Crippen LogP contribution in [0.3, 0.4) is 0 Å². The summed E-state index contributed by atoms with van der Waals surface area (Å²) in [6.07, 6.45) is 5.64. The van der Waals surface area contributed by atoms with Crippen molar-refractivity contribution in [3.63, 3.8) is 0 Å². The molecule has 3 fully saturated rings. The molecule has 50 heavy (non-hydrogen) atoms. The monoisotopic (exact) mass is 705 g/mol. The zero-order valence-electron chi connectivity index (χ0n) is 27.5. The number of H-pyrrole nitrogens is 1. The second-order valence-corrected chi connectivity index (χ2v) is 14.5. The Labute approximate surface area is 290 Å². The molecule has 5 aromatic rings. The molecule has 260 valence electrons. The van der Waals surface area contributed by atoms with Gasteiger partial charge in [-0.2, -0.15) is 15.1 Å². The number of pyridine rings is 2. The first-order valence-electron chi connectivity index (χ1n) is 17.0. The number of ether oxygens (including phenoxy) is 2. The number of nitrogens with zero attached hydrogens (tertiary/aromatic N) is 7. The summed E-state index contributed by atoms with van der Waals surface area (Å²) in [5, 5.41) is 8.59. The third kappa shape index (κ3) is 4.93. The third-order valence-corrected chi connectivity index (χ3v) is 11.2. The highest BCUT2D eigenvalue weighted by Crippen LogP contribution is 2.52. The third-order valence-electron chi connectivity index (χ3n) is 10.9. The van der Waals surface area contributed by atoms with Crippen LogP contribution in [0.15, 0.2) is 24.5 Å². The number of alkyl halides is 1. The Bertz CT molecular complexity index is 2180. The number of halogens is 4. The van der Waals surface area contributed by atoms with Gasteiger partial charge in [0, 0.05) is 34.5 Å². The Hall–Kier alpha value is -4.43. The van der Waals surface area contributed by atoms with E-state index in [9.17, 15) is 8.78 Å². The van der Waals surface area contributed by atoms with Crippen molar-refractivity contribution in [1.29, 1.82) is 0 Å². The van der Waals surface area contributed by atoms with Gasteiger partial charge in [-0.05, 0) is 69.7 Å². The molecule has 3 aliphatic heterocycles. The molecule has 1 aromatic carbocycles. The Kier molecular flexibility index (Phi) is 7.29. The average molecular weight is 706 g/mol. The minimum Gasteiger partial charge on any atom is -0.475 e. The molecule has 11 nitrogen and oxygen atoms in total. The van der Waals surface area contributed by atoms with E-state index in [0.29, 0.717) is 40.0 Å². The van der Waals surface area contributed by atoms with Crippen LogP contribution in [0.2, 0.25) is 5.02 Å². The van der Waals surface area contributed by atoms with Crippen molar-refractivity contribution in [2.45, 2.75) is 75.7 Å². The van der Waals surface area contributed by atoms with Gasteiger partial charge >= 0.3 is 6.01 Å². The topological polar surface area (TPSA) is 131 Å². The number of nitrogens with two attached hydrogens (primary N) is 1. The molecule has 1 saturated carbocycles. The van der Waals surface area contributed by atoms with Gasteiger partial charge in [-0.15, -0.1) is 0 Å². The number of nitrogen functional groups attached to an aromatic ring is 1. The van der Waals surface area contributed by atoms with Crippen LogP contribution >= 0.6 is 11.6 Å².